The Morgan fingerprint density at radius 1 is 1.00 bits per heavy atom. The second-order valence-corrected chi connectivity index (χ2v) is 4.35. The lowest BCUT2D eigenvalue weighted by molar-refractivity contribution is 0.0951. The van der Waals surface area contributed by atoms with Crippen molar-refractivity contribution < 1.29 is 20.1 Å². The van der Waals surface area contributed by atoms with E-state index in [1.54, 1.807) is 24.3 Å². The van der Waals surface area contributed by atoms with Gasteiger partial charge < -0.3 is 20.6 Å². The van der Waals surface area contributed by atoms with Gasteiger partial charge >= 0.3 is 0 Å². The number of carbonyl (C=O) groups is 1. The minimum Gasteiger partial charge on any atom is -0.508 e. The van der Waals surface area contributed by atoms with Crippen LogP contribution >= 0.6 is 0 Å². The Kier molecular flexibility index (Phi) is 4.10. The minimum atomic E-state index is -0.447. The Morgan fingerprint density at radius 3 is 2.40 bits per heavy atom. The summed E-state index contributed by atoms with van der Waals surface area (Å²) < 4.78 is 0. The Hall–Kier alpha value is -2.69. The van der Waals surface area contributed by atoms with Crippen molar-refractivity contribution in [1.29, 1.82) is 0 Å². The molecule has 2 aromatic carbocycles. The average Bonchev–Trinajstić information content (AvgIpc) is 2.44. The molecule has 1 amide bonds. The highest BCUT2D eigenvalue weighted by Crippen LogP contribution is 2.27. The third-order valence-corrected chi connectivity index (χ3v) is 2.89. The van der Waals surface area contributed by atoms with Crippen LogP contribution in [-0.2, 0) is 6.42 Å². The third kappa shape index (κ3) is 3.20. The van der Waals surface area contributed by atoms with Crippen LogP contribution in [0.3, 0.4) is 0 Å². The van der Waals surface area contributed by atoms with E-state index in [9.17, 15) is 15.0 Å². The van der Waals surface area contributed by atoms with E-state index in [1.807, 2.05) is 0 Å². The quantitative estimate of drug-likeness (QED) is 0.639. The molecule has 0 radical (unpaired) electrons. The summed E-state index contributed by atoms with van der Waals surface area (Å²) in [6.45, 7) is 0.388. The Morgan fingerprint density at radius 2 is 1.70 bits per heavy atom. The summed E-state index contributed by atoms with van der Waals surface area (Å²) in [5.41, 5.74) is 1.01. The summed E-state index contributed by atoms with van der Waals surface area (Å²) in [4.78, 5) is 11.8. The average molecular weight is 273 g/mol. The van der Waals surface area contributed by atoms with Crippen molar-refractivity contribution in [3.8, 4) is 17.2 Å². The van der Waals surface area contributed by atoms with Crippen molar-refractivity contribution >= 4 is 5.91 Å². The van der Waals surface area contributed by atoms with Crippen LogP contribution in [0.4, 0.5) is 0 Å². The van der Waals surface area contributed by atoms with Crippen LogP contribution in [-0.4, -0.2) is 27.8 Å². The monoisotopic (exact) mass is 273 g/mol. The lowest BCUT2D eigenvalue weighted by Crippen LogP contribution is -2.25. The van der Waals surface area contributed by atoms with E-state index >= 15 is 0 Å². The van der Waals surface area contributed by atoms with Gasteiger partial charge in [0.15, 0.2) is 11.5 Å². The van der Waals surface area contributed by atoms with Crippen LogP contribution < -0.4 is 5.32 Å². The van der Waals surface area contributed by atoms with Gasteiger partial charge in [0.2, 0.25) is 0 Å². The minimum absolute atomic E-state index is 0.0377. The smallest absolute Gasteiger partial charge is 0.255 e. The molecule has 4 N–H and O–H groups in total. The molecule has 5 heteroatoms. The van der Waals surface area contributed by atoms with Crippen molar-refractivity contribution in [2.24, 2.45) is 0 Å². The van der Waals surface area contributed by atoms with Gasteiger partial charge in [-0.25, -0.2) is 0 Å². The standard InChI is InChI=1S/C15H15NO4/c17-11-6-4-10(5-7-11)8-9-16-15(20)12-2-1-3-13(18)14(12)19/h1-7,17-19H,8-9H2,(H,16,20). The largest absolute Gasteiger partial charge is 0.508 e. The van der Waals surface area contributed by atoms with Crippen LogP contribution in [0.25, 0.3) is 0 Å². The molecule has 0 atom stereocenters. The maximum atomic E-state index is 11.8. The Bertz CT molecular complexity index is 608. The maximum Gasteiger partial charge on any atom is 0.255 e. The van der Waals surface area contributed by atoms with Crippen molar-refractivity contribution in [3.63, 3.8) is 0 Å². The van der Waals surface area contributed by atoms with E-state index in [2.05, 4.69) is 5.32 Å². The fraction of sp³-hybridized carbons (Fsp3) is 0.133. The van der Waals surface area contributed by atoms with Crippen LogP contribution in [0.15, 0.2) is 42.5 Å². The molecule has 0 fully saturated rings. The van der Waals surface area contributed by atoms with Gasteiger partial charge in [0.1, 0.15) is 5.75 Å². The second-order valence-electron chi connectivity index (χ2n) is 4.35. The van der Waals surface area contributed by atoms with Gasteiger partial charge in [-0.1, -0.05) is 18.2 Å². The molecule has 0 heterocycles. The molecule has 5 nitrogen and oxygen atoms in total. The van der Waals surface area contributed by atoms with Crippen molar-refractivity contribution in [2.75, 3.05) is 6.54 Å². The van der Waals surface area contributed by atoms with Gasteiger partial charge in [0.25, 0.3) is 5.91 Å². The molecule has 0 saturated carbocycles. The summed E-state index contributed by atoms with van der Waals surface area (Å²) in [6, 6.07) is 10.9. The first-order valence-electron chi connectivity index (χ1n) is 6.15. The van der Waals surface area contributed by atoms with Gasteiger partial charge in [0.05, 0.1) is 5.56 Å². The molecular formula is C15H15NO4. The summed E-state index contributed by atoms with van der Waals surface area (Å²) in [5.74, 6) is -0.995. The number of phenolic OH excluding ortho intramolecular Hbond substituents is 3. The number of nitrogens with one attached hydrogen (secondary N) is 1. The van der Waals surface area contributed by atoms with Gasteiger partial charge in [0, 0.05) is 6.54 Å². The van der Waals surface area contributed by atoms with Crippen LogP contribution in [0.1, 0.15) is 15.9 Å². The lowest BCUT2D eigenvalue weighted by Gasteiger charge is -2.08. The van der Waals surface area contributed by atoms with Crippen LogP contribution in [0, 0.1) is 0 Å². The Labute approximate surface area is 116 Å². The molecule has 0 aliphatic heterocycles. The molecule has 104 valence electrons. The first-order valence-corrected chi connectivity index (χ1v) is 6.15. The molecule has 0 unspecified atom stereocenters. The fourth-order valence-electron chi connectivity index (χ4n) is 1.79. The van der Waals surface area contributed by atoms with Gasteiger partial charge in [-0.05, 0) is 36.2 Å². The molecule has 0 aliphatic rings. The molecular weight excluding hydrogens is 258 g/mol. The normalized spacial score (nSPS) is 10.2. The molecule has 0 aliphatic carbocycles. The molecule has 0 bridgehead atoms. The highest BCUT2D eigenvalue weighted by molar-refractivity contribution is 5.97. The molecule has 0 saturated heterocycles. The molecule has 2 aromatic rings. The number of benzene rings is 2. The number of para-hydroxylation sites is 1. The summed E-state index contributed by atoms with van der Waals surface area (Å²) in [7, 11) is 0. The zero-order chi connectivity index (χ0) is 14.5. The predicted molar refractivity (Wildman–Crippen MR) is 73.9 cm³/mol. The van der Waals surface area contributed by atoms with E-state index in [4.69, 9.17) is 5.11 Å². The van der Waals surface area contributed by atoms with E-state index < -0.39 is 11.7 Å². The van der Waals surface area contributed by atoms with Crippen molar-refractivity contribution in [1.82, 2.24) is 5.32 Å². The summed E-state index contributed by atoms with van der Waals surface area (Å²) >= 11 is 0. The zero-order valence-electron chi connectivity index (χ0n) is 10.7. The topological polar surface area (TPSA) is 89.8 Å². The SMILES string of the molecule is O=C(NCCc1ccc(O)cc1)c1cccc(O)c1O. The number of rotatable bonds is 4. The first kappa shape index (κ1) is 13.7. The number of hydrogen-bond donors (Lipinski definition) is 4. The number of amides is 1. The summed E-state index contributed by atoms with van der Waals surface area (Å²) in [6.07, 6.45) is 0.603. The third-order valence-electron chi connectivity index (χ3n) is 2.89. The van der Waals surface area contributed by atoms with E-state index in [0.29, 0.717) is 13.0 Å². The van der Waals surface area contributed by atoms with Gasteiger partial charge in [-0.3, -0.25) is 4.79 Å². The molecule has 0 aromatic heterocycles. The van der Waals surface area contributed by atoms with Crippen molar-refractivity contribution in [2.45, 2.75) is 6.42 Å². The number of carbonyl (C=O) groups excluding carboxylic acids is 1. The summed E-state index contributed by atoms with van der Waals surface area (Å²) in [5, 5.41) is 30.7. The highest BCUT2D eigenvalue weighted by Gasteiger charge is 2.13. The number of hydrogen-bond acceptors (Lipinski definition) is 4. The van der Waals surface area contributed by atoms with E-state index in [1.165, 1.54) is 18.2 Å². The van der Waals surface area contributed by atoms with Crippen LogP contribution in [0.5, 0.6) is 17.2 Å². The fourth-order valence-corrected chi connectivity index (χ4v) is 1.79. The molecule has 2 rings (SSSR count). The first-order chi connectivity index (χ1) is 9.58. The van der Waals surface area contributed by atoms with Crippen molar-refractivity contribution in [3.05, 3.63) is 53.6 Å². The number of phenols is 3. The van der Waals surface area contributed by atoms with E-state index in [0.717, 1.165) is 5.56 Å². The Balaban J connectivity index is 1.92. The van der Waals surface area contributed by atoms with Gasteiger partial charge in [-0.2, -0.15) is 0 Å². The maximum absolute atomic E-state index is 11.8. The number of aromatic hydroxyl groups is 3. The molecule has 0 spiro atoms. The zero-order valence-corrected chi connectivity index (χ0v) is 10.7. The lowest BCUT2D eigenvalue weighted by atomic mass is 10.1. The highest BCUT2D eigenvalue weighted by atomic mass is 16.3. The van der Waals surface area contributed by atoms with Crippen LogP contribution in [0.2, 0.25) is 0 Å². The second kappa shape index (κ2) is 5.97. The van der Waals surface area contributed by atoms with Gasteiger partial charge in [-0.15, -0.1) is 0 Å². The van der Waals surface area contributed by atoms with E-state index in [-0.39, 0.29) is 17.1 Å². The molecule has 20 heavy (non-hydrogen) atoms. The predicted octanol–water partition coefficient (Wildman–Crippen LogP) is 1.78.